The number of imidazole rings is 1. The first-order valence-corrected chi connectivity index (χ1v) is 11.7. The fourth-order valence-corrected chi connectivity index (χ4v) is 3.76. The number of rotatable bonds is 14. The summed E-state index contributed by atoms with van der Waals surface area (Å²) in [6.45, 7) is 5.51. The van der Waals surface area contributed by atoms with Gasteiger partial charge in [0.2, 0.25) is 0 Å². The molecule has 0 aliphatic rings. The Balaban J connectivity index is 1.68. The van der Waals surface area contributed by atoms with Crippen LogP contribution in [0.3, 0.4) is 0 Å². The number of aromatic nitrogens is 2. The van der Waals surface area contributed by atoms with E-state index >= 15 is 0 Å². The first-order chi connectivity index (χ1) is 15.7. The minimum atomic E-state index is 0.575. The highest BCUT2D eigenvalue weighted by Crippen LogP contribution is 2.35. The van der Waals surface area contributed by atoms with Gasteiger partial charge < -0.3 is 23.9 Å². The predicted molar refractivity (Wildman–Crippen MR) is 129 cm³/mol. The van der Waals surface area contributed by atoms with Crippen molar-refractivity contribution in [2.75, 3.05) is 27.4 Å². The average Bonchev–Trinajstić information content (AvgIpc) is 3.23. The number of nitrogens with one attached hydrogen (secondary N) is 1. The molecule has 174 valence electrons. The topological polar surface area (TPSA) is 65.6 Å². The summed E-state index contributed by atoms with van der Waals surface area (Å²) in [5.74, 6) is 3.60. The van der Waals surface area contributed by atoms with Gasteiger partial charge in [-0.3, -0.25) is 0 Å². The summed E-state index contributed by atoms with van der Waals surface area (Å²) in [6, 6.07) is 9.73. The minimum absolute atomic E-state index is 0.575. The first-order valence-electron chi connectivity index (χ1n) is 11.7. The minimum Gasteiger partial charge on any atom is -0.493 e. The van der Waals surface area contributed by atoms with Gasteiger partial charge in [0, 0.05) is 17.7 Å². The Morgan fingerprint density at radius 1 is 0.750 bits per heavy atom. The number of unbranched alkanes of at least 4 members (excludes halogenated alkanes) is 6. The molecule has 2 aromatic carbocycles. The van der Waals surface area contributed by atoms with Crippen LogP contribution in [0.25, 0.3) is 22.4 Å². The van der Waals surface area contributed by atoms with Crippen LogP contribution in [0, 0.1) is 0 Å². The van der Waals surface area contributed by atoms with Gasteiger partial charge in [-0.1, -0.05) is 45.4 Å². The van der Waals surface area contributed by atoms with Crippen molar-refractivity contribution in [1.29, 1.82) is 0 Å². The Morgan fingerprint density at radius 3 is 2.19 bits per heavy atom. The van der Waals surface area contributed by atoms with Crippen molar-refractivity contribution < 1.29 is 18.9 Å². The van der Waals surface area contributed by atoms with Crippen molar-refractivity contribution in [2.24, 2.45) is 0 Å². The van der Waals surface area contributed by atoms with E-state index in [0.717, 1.165) is 40.3 Å². The van der Waals surface area contributed by atoms with Crippen molar-refractivity contribution in [2.45, 2.75) is 58.8 Å². The van der Waals surface area contributed by atoms with Gasteiger partial charge in [0.15, 0.2) is 23.0 Å². The fraction of sp³-hybridized carbons (Fsp3) is 0.500. The summed E-state index contributed by atoms with van der Waals surface area (Å²) in [6.07, 6.45) is 8.84. The second-order valence-corrected chi connectivity index (χ2v) is 7.87. The molecule has 0 aliphatic heterocycles. The van der Waals surface area contributed by atoms with Crippen molar-refractivity contribution in [3.05, 3.63) is 30.3 Å². The van der Waals surface area contributed by atoms with Gasteiger partial charge in [-0.15, -0.1) is 0 Å². The molecule has 1 heterocycles. The van der Waals surface area contributed by atoms with E-state index < -0.39 is 0 Å². The SMILES string of the molecule is CCCCCCCCCOc1ccc(-c2nc3cc(OC)c(OC)cc3[nH]2)cc1OCC. The molecule has 1 aromatic heterocycles. The zero-order chi connectivity index (χ0) is 22.8. The summed E-state index contributed by atoms with van der Waals surface area (Å²) in [7, 11) is 3.25. The maximum Gasteiger partial charge on any atom is 0.163 e. The van der Waals surface area contributed by atoms with E-state index in [9.17, 15) is 0 Å². The first kappa shape index (κ1) is 23.8. The Labute approximate surface area is 191 Å². The van der Waals surface area contributed by atoms with Crippen LogP contribution < -0.4 is 18.9 Å². The molecule has 0 bridgehead atoms. The Bertz CT molecular complexity index is 942. The third-order valence-corrected chi connectivity index (χ3v) is 5.51. The largest absolute Gasteiger partial charge is 0.493 e. The van der Waals surface area contributed by atoms with Crippen LogP contribution in [0.15, 0.2) is 30.3 Å². The zero-order valence-electron chi connectivity index (χ0n) is 19.8. The van der Waals surface area contributed by atoms with Crippen molar-refractivity contribution >= 4 is 11.0 Å². The molecule has 32 heavy (non-hydrogen) atoms. The van der Waals surface area contributed by atoms with E-state index in [0.29, 0.717) is 24.7 Å². The summed E-state index contributed by atoms with van der Waals surface area (Å²) >= 11 is 0. The van der Waals surface area contributed by atoms with Crippen LogP contribution in [-0.4, -0.2) is 37.4 Å². The van der Waals surface area contributed by atoms with E-state index in [-0.39, 0.29) is 0 Å². The third kappa shape index (κ3) is 6.09. The Kier molecular flexibility index (Phi) is 9.08. The molecule has 1 N–H and O–H groups in total. The highest BCUT2D eigenvalue weighted by atomic mass is 16.5. The molecule has 6 heteroatoms. The van der Waals surface area contributed by atoms with Gasteiger partial charge >= 0.3 is 0 Å². The number of fused-ring (bicyclic) bond motifs is 1. The highest BCUT2D eigenvalue weighted by molar-refractivity contribution is 5.83. The molecule has 0 saturated carbocycles. The Morgan fingerprint density at radius 2 is 1.47 bits per heavy atom. The molecule has 0 fully saturated rings. The van der Waals surface area contributed by atoms with E-state index in [4.69, 9.17) is 23.9 Å². The average molecular weight is 441 g/mol. The van der Waals surface area contributed by atoms with Crippen LogP contribution in [0.4, 0.5) is 0 Å². The maximum absolute atomic E-state index is 6.04. The molecule has 0 atom stereocenters. The predicted octanol–water partition coefficient (Wildman–Crippen LogP) is 6.78. The van der Waals surface area contributed by atoms with Gasteiger partial charge in [-0.25, -0.2) is 4.98 Å². The lowest BCUT2D eigenvalue weighted by atomic mass is 10.1. The summed E-state index contributed by atoms with van der Waals surface area (Å²) in [5, 5.41) is 0. The molecule has 0 amide bonds. The Hall–Kier alpha value is -2.89. The lowest BCUT2D eigenvalue weighted by Gasteiger charge is -2.13. The number of nitrogens with zero attached hydrogens (tertiary/aromatic N) is 1. The molecule has 3 rings (SSSR count). The monoisotopic (exact) mass is 440 g/mol. The van der Waals surface area contributed by atoms with Crippen molar-refractivity contribution in [3.63, 3.8) is 0 Å². The van der Waals surface area contributed by atoms with Crippen LogP contribution in [-0.2, 0) is 0 Å². The zero-order valence-corrected chi connectivity index (χ0v) is 19.8. The quantitative estimate of drug-likeness (QED) is 0.280. The lowest BCUT2D eigenvalue weighted by molar-refractivity contribution is 0.270. The molecule has 3 aromatic rings. The maximum atomic E-state index is 6.04. The lowest BCUT2D eigenvalue weighted by Crippen LogP contribution is -2.01. The molecule has 0 unspecified atom stereocenters. The summed E-state index contributed by atoms with van der Waals surface area (Å²) < 4.78 is 22.7. The van der Waals surface area contributed by atoms with Crippen LogP contribution >= 0.6 is 0 Å². The van der Waals surface area contributed by atoms with Crippen molar-refractivity contribution in [3.8, 4) is 34.4 Å². The molecule has 0 radical (unpaired) electrons. The number of benzene rings is 2. The van der Waals surface area contributed by atoms with Gasteiger partial charge in [0.05, 0.1) is 38.5 Å². The molecule has 0 aliphatic carbocycles. The number of hydrogen-bond donors (Lipinski definition) is 1. The molecule has 6 nitrogen and oxygen atoms in total. The molecular formula is C26H36N2O4. The van der Waals surface area contributed by atoms with Gasteiger partial charge in [-0.05, 0) is 31.5 Å². The highest BCUT2D eigenvalue weighted by Gasteiger charge is 2.13. The summed E-state index contributed by atoms with van der Waals surface area (Å²) in [5.41, 5.74) is 2.63. The van der Waals surface area contributed by atoms with E-state index in [1.165, 1.54) is 38.5 Å². The van der Waals surface area contributed by atoms with Gasteiger partial charge in [-0.2, -0.15) is 0 Å². The standard InChI is InChI=1S/C26H36N2O4/c1-5-7-8-9-10-11-12-15-32-22-14-13-19(16-25(22)31-6-2)26-27-20-17-23(29-3)24(30-4)18-21(20)28-26/h13-14,16-18H,5-12,15H2,1-4H3,(H,27,28). The van der Waals surface area contributed by atoms with Gasteiger partial charge in [0.25, 0.3) is 0 Å². The molecule has 0 saturated heterocycles. The van der Waals surface area contributed by atoms with E-state index in [1.807, 2.05) is 37.3 Å². The normalized spacial score (nSPS) is 11.0. The van der Waals surface area contributed by atoms with Crippen LogP contribution in [0.1, 0.15) is 58.8 Å². The molecule has 0 spiro atoms. The van der Waals surface area contributed by atoms with Crippen molar-refractivity contribution in [1.82, 2.24) is 9.97 Å². The van der Waals surface area contributed by atoms with Crippen LogP contribution in [0.5, 0.6) is 23.0 Å². The number of H-pyrrole nitrogens is 1. The number of methoxy groups -OCH3 is 2. The smallest absolute Gasteiger partial charge is 0.163 e. The number of hydrogen-bond acceptors (Lipinski definition) is 5. The van der Waals surface area contributed by atoms with E-state index in [1.54, 1.807) is 14.2 Å². The van der Waals surface area contributed by atoms with Crippen LogP contribution in [0.2, 0.25) is 0 Å². The van der Waals surface area contributed by atoms with Gasteiger partial charge in [0.1, 0.15) is 5.82 Å². The third-order valence-electron chi connectivity index (χ3n) is 5.51. The second-order valence-electron chi connectivity index (χ2n) is 7.87. The molecular weight excluding hydrogens is 404 g/mol. The second kappa shape index (κ2) is 12.2. The number of aromatic amines is 1. The fourth-order valence-electron chi connectivity index (χ4n) is 3.76. The van der Waals surface area contributed by atoms with E-state index in [2.05, 4.69) is 11.9 Å². The number of ether oxygens (including phenoxy) is 4. The summed E-state index contributed by atoms with van der Waals surface area (Å²) in [4.78, 5) is 8.09.